The Morgan fingerprint density at radius 2 is 1.21 bits per heavy atom. The molecule has 110 valence electrons. The molecule has 0 aromatic carbocycles. The standard InChI is InChI=1S/C18H32O/c1-5-7-15(3)9-11-17-13-14-18(19-17)12-10-16(4)8-6-2/h13-16H,5-12H2,1-4H3. The van der Waals surface area contributed by atoms with E-state index in [1.54, 1.807) is 0 Å². The average Bonchev–Trinajstić information content (AvgIpc) is 2.83. The van der Waals surface area contributed by atoms with Gasteiger partial charge in [-0.05, 0) is 36.8 Å². The van der Waals surface area contributed by atoms with E-state index >= 15 is 0 Å². The van der Waals surface area contributed by atoms with Gasteiger partial charge in [0.2, 0.25) is 0 Å². The van der Waals surface area contributed by atoms with Gasteiger partial charge in [-0.1, -0.05) is 53.4 Å². The molecule has 0 N–H and O–H groups in total. The molecule has 0 aliphatic carbocycles. The molecule has 0 fully saturated rings. The molecule has 19 heavy (non-hydrogen) atoms. The third-order valence-electron chi connectivity index (χ3n) is 4.05. The van der Waals surface area contributed by atoms with Gasteiger partial charge in [-0.25, -0.2) is 0 Å². The summed E-state index contributed by atoms with van der Waals surface area (Å²) >= 11 is 0. The van der Waals surface area contributed by atoms with Crippen molar-refractivity contribution in [3.05, 3.63) is 23.7 Å². The number of furan rings is 1. The maximum atomic E-state index is 5.94. The van der Waals surface area contributed by atoms with Crippen molar-refractivity contribution in [2.75, 3.05) is 0 Å². The minimum absolute atomic E-state index is 0.822. The van der Waals surface area contributed by atoms with Crippen molar-refractivity contribution >= 4 is 0 Å². The van der Waals surface area contributed by atoms with E-state index < -0.39 is 0 Å². The first-order valence-electron chi connectivity index (χ1n) is 8.23. The van der Waals surface area contributed by atoms with Crippen LogP contribution in [0.2, 0.25) is 0 Å². The van der Waals surface area contributed by atoms with Crippen molar-refractivity contribution in [3.63, 3.8) is 0 Å². The summed E-state index contributed by atoms with van der Waals surface area (Å²) in [6.07, 6.45) is 9.97. The van der Waals surface area contributed by atoms with Crippen LogP contribution in [0.5, 0.6) is 0 Å². The highest BCUT2D eigenvalue weighted by atomic mass is 16.3. The molecule has 0 amide bonds. The van der Waals surface area contributed by atoms with Gasteiger partial charge in [-0.15, -0.1) is 0 Å². The molecule has 0 bridgehead atoms. The predicted molar refractivity (Wildman–Crippen MR) is 83.5 cm³/mol. The molecule has 2 unspecified atom stereocenters. The summed E-state index contributed by atoms with van der Waals surface area (Å²) in [6, 6.07) is 4.36. The summed E-state index contributed by atoms with van der Waals surface area (Å²) < 4.78 is 5.94. The molecule has 1 aromatic rings. The number of hydrogen-bond acceptors (Lipinski definition) is 1. The highest BCUT2D eigenvalue weighted by Crippen LogP contribution is 2.19. The van der Waals surface area contributed by atoms with E-state index in [-0.39, 0.29) is 0 Å². The van der Waals surface area contributed by atoms with Gasteiger partial charge in [0.1, 0.15) is 11.5 Å². The maximum Gasteiger partial charge on any atom is 0.104 e. The number of aryl methyl sites for hydroxylation is 2. The Balaban J connectivity index is 2.28. The van der Waals surface area contributed by atoms with Gasteiger partial charge in [-0.3, -0.25) is 0 Å². The zero-order valence-electron chi connectivity index (χ0n) is 13.4. The lowest BCUT2D eigenvalue weighted by Crippen LogP contribution is -1.97. The van der Waals surface area contributed by atoms with Gasteiger partial charge in [0.25, 0.3) is 0 Å². The molecule has 1 aromatic heterocycles. The zero-order chi connectivity index (χ0) is 14.1. The second-order valence-electron chi connectivity index (χ2n) is 6.23. The normalized spacial score (nSPS) is 14.5. The van der Waals surface area contributed by atoms with Crippen LogP contribution in [0.4, 0.5) is 0 Å². The largest absolute Gasteiger partial charge is 0.466 e. The second-order valence-corrected chi connectivity index (χ2v) is 6.23. The summed E-state index contributed by atoms with van der Waals surface area (Å²) in [7, 11) is 0. The molecule has 0 saturated heterocycles. The SMILES string of the molecule is CCCC(C)CCc1ccc(CCC(C)CCC)o1. The molecule has 1 heterocycles. The van der Waals surface area contributed by atoms with Crippen LogP contribution in [-0.4, -0.2) is 0 Å². The first-order chi connectivity index (χ1) is 9.15. The van der Waals surface area contributed by atoms with E-state index in [9.17, 15) is 0 Å². The molecule has 0 aliphatic rings. The highest BCUT2D eigenvalue weighted by Gasteiger charge is 2.07. The fourth-order valence-electron chi connectivity index (χ4n) is 2.74. The minimum atomic E-state index is 0.822. The molecule has 2 atom stereocenters. The van der Waals surface area contributed by atoms with Gasteiger partial charge in [0, 0.05) is 12.8 Å². The molecular weight excluding hydrogens is 232 g/mol. The van der Waals surface area contributed by atoms with Crippen LogP contribution < -0.4 is 0 Å². The number of rotatable bonds is 10. The van der Waals surface area contributed by atoms with Gasteiger partial charge in [-0.2, -0.15) is 0 Å². The number of hydrogen-bond donors (Lipinski definition) is 0. The quantitative estimate of drug-likeness (QED) is 0.504. The Hall–Kier alpha value is -0.720. The topological polar surface area (TPSA) is 13.1 Å². The van der Waals surface area contributed by atoms with Crippen molar-refractivity contribution in [1.29, 1.82) is 0 Å². The van der Waals surface area contributed by atoms with Crippen molar-refractivity contribution in [2.45, 2.75) is 79.1 Å². The molecule has 1 rings (SSSR count). The van der Waals surface area contributed by atoms with Crippen molar-refractivity contribution in [3.8, 4) is 0 Å². The smallest absolute Gasteiger partial charge is 0.104 e. The van der Waals surface area contributed by atoms with Crippen molar-refractivity contribution in [1.82, 2.24) is 0 Å². The monoisotopic (exact) mass is 264 g/mol. The van der Waals surface area contributed by atoms with Crippen LogP contribution in [0.25, 0.3) is 0 Å². The Morgan fingerprint density at radius 1 is 0.789 bits per heavy atom. The van der Waals surface area contributed by atoms with Gasteiger partial charge < -0.3 is 4.42 Å². The van der Waals surface area contributed by atoms with Crippen LogP contribution >= 0.6 is 0 Å². The first kappa shape index (κ1) is 16.3. The highest BCUT2D eigenvalue weighted by molar-refractivity contribution is 5.07. The zero-order valence-corrected chi connectivity index (χ0v) is 13.4. The molecule has 0 aliphatic heterocycles. The summed E-state index contributed by atoms with van der Waals surface area (Å²) in [5.41, 5.74) is 0. The molecule has 1 nitrogen and oxygen atoms in total. The van der Waals surface area contributed by atoms with E-state index in [0.29, 0.717) is 0 Å². The fourth-order valence-corrected chi connectivity index (χ4v) is 2.74. The van der Waals surface area contributed by atoms with Crippen molar-refractivity contribution < 1.29 is 4.42 Å². The minimum Gasteiger partial charge on any atom is -0.466 e. The molecule has 1 heteroatoms. The van der Waals surface area contributed by atoms with Crippen LogP contribution in [0.1, 0.15) is 77.7 Å². The van der Waals surface area contributed by atoms with Crippen LogP contribution in [0.15, 0.2) is 16.5 Å². The average molecular weight is 264 g/mol. The Labute approximate surface area is 119 Å². The van der Waals surface area contributed by atoms with Gasteiger partial charge in [0.15, 0.2) is 0 Å². The van der Waals surface area contributed by atoms with E-state index in [1.807, 2.05) is 0 Å². The third-order valence-corrected chi connectivity index (χ3v) is 4.05. The van der Waals surface area contributed by atoms with Crippen LogP contribution in [0.3, 0.4) is 0 Å². The lowest BCUT2D eigenvalue weighted by Gasteiger charge is -2.08. The summed E-state index contributed by atoms with van der Waals surface area (Å²) in [4.78, 5) is 0. The Kier molecular flexibility index (Phi) is 7.93. The van der Waals surface area contributed by atoms with E-state index in [1.165, 1.54) is 50.0 Å². The molecule has 0 radical (unpaired) electrons. The van der Waals surface area contributed by atoms with E-state index in [4.69, 9.17) is 4.42 Å². The summed E-state index contributed by atoms with van der Waals surface area (Å²) in [5.74, 6) is 4.01. The van der Waals surface area contributed by atoms with E-state index in [0.717, 1.165) is 24.7 Å². The fraction of sp³-hybridized carbons (Fsp3) is 0.778. The van der Waals surface area contributed by atoms with Crippen LogP contribution in [-0.2, 0) is 12.8 Å². The Bertz CT molecular complexity index is 296. The molecule has 0 saturated carbocycles. The summed E-state index contributed by atoms with van der Waals surface area (Å²) in [6.45, 7) is 9.22. The van der Waals surface area contributed by atoms with Gasteiger partial charge in [0.05, 0.1) is 0 Å². The second kappa shape index (κ2) is 9.23. The lowest BCUT2D eigenvalue weighted by atomic mass is 9.99. The summed E-state index contributed by atoms with van der Waals surface area (Å²) in [5, 5.41) is 0. The lowest BCUT2D eigenvalue weighted by molar-refractivity contribution is 0.404. The maximum absolute atomic E-state index is 5.94. The predicted octanol–water partition coefficient (Wildman–Crippen LogP) is 6.02. The third kappa shape index (κ3) is 6.84. The first-order valence-corrected chi connectivity index (χ1v) is 8.23. The van der Waals surface area contributed by atoms with E-state index in [2.05, 4.69) is 39.8 Å². The molecular formula is C18H32O. The molecule has 0 spiro atoms. The van der Waals surface area contributed by atoms with Gasteiger partial charge >= 0.3 is 0 Å². The Morgan fingerprint density at radius 3 is 1.58 bits per heavy atom. The van der Waals surface area contributed by atoms with Crippen molar-refractivity contribution in [2.24, 2.45) is 11.8 Å². The van der Waals surface area contributed by atoms with Crippen LogP contribution in [0, 0.1) is 11.8 Å².